The minimum atomic E-state index is -4.80. The van der Waals surface area contributed by atoms with Crippen molar-refractivity contribution in [2.45, 2.75) is 18.4 Å². The van der Waals surface area contributed by atoms with Crippen molar-refractivity contribution in [3.05, 3.63) is 83.0 Å². The SMILES string of the molecule is O=C(NC(c1ccc(C(F)(F)F)cc1)c1ncccc1C(F)(F)F)c1ccno1. The molecule has 0 fully saturated rings. The second-order valence-electron chi connectivity index (χ2n) is 5.84. The van der Waals surface area contributed by atoms with Crippen molar-refractivity contribution in [3.63, 3.8) is 0 Å². The summed E-state index contributed by atoms with van der Waals surface area (Å²) >= 11 is 0. The van der Waals surface area contributed by atoms with Gasteiger partial charge in [0.2, 0.25) is 5.76 Å². The number of amides is 1. The Balaban J connectivity index is 2.07. The molecule has 0 bridgehead atoms. The summed E-state index contributed by atoms with van der Waals surface area (Å²) in [7, 11) is 0. The Labute approximate surface area is 159 Å². The molecule has 3 aromatic rings. The first-order chi connectivity index (χ1) is 13.6. The van der Waals surface area contributed by atoms with Crippen LogP contribution in [0.2, 0.25) is 0 Å². The van der Waals surface area contributed by atoms with E-state index in [1.54, 1.807) is 0 Å². The molecule has 0 spiro atoms. The van der Waals surface area contributed by atoms with Gasteiger partial charge in [0.05, 0.1) is 29.1 Å². The van der Waals surface area contributed by atoms with Crippen LogP contribution in [-0.2, 0) is 12.4 Å². The Morgan fingerprint density at radius 3 is 2.17 bits per heavy atom. The maximum atomic E-state index is 13.4. The summed E-state index contributed by atoms with van der Waals surface area (Å²) in [5.74, 6) is -1.20. The Bertz CT molecular complexity index is 982. The molecule has 29 heavy (non-hydrogen) atoms. The highest BCUT2D eigenvalue weighted by atomic mass is 19.4. The van der Waals surface area contributed by atoms with Crippen LogP contribution in [-0.4, -0.2) is 16.0 Å². The number of carbonyl (C=O) groups is 1. The largest absolute Gasteiger partial charge is 0.418 e. The van der Waals surface area contributed by atoms with Crippen molar-refractivity contribution in [1.82, 2.24) is 15.5 Å². The number of hydrogen-bond acceptors (Lipinski definition) is 4. The number of pyridine rings is 1. The van der Waals surface area contributed by atoms with E-state index in [0.717, 1.165) is 36.7 Å². The molecule has 152 valence electrons. The van der Waals surface area contributed by atoms with Crippen molar-refractivity contribution < 1.29 is 35.7 Å². The molecule has 1 amide bonds. The zero-order valence-corrected chi connectivity index (χ0v) is 14.3. The monoisotopic (exact) mass is 415 g/mol. The summed E-state index contributed by atoms with van der Waals surface area (Å²) < 4.78 is 83.4. The van der Waals surface area contributed by atoms with Gasteiger partial charge in [-0.05, 0) is 29.8 Å². The van der Waals surface area contributed by atoms with Gasteiger partial charge in [-0.1, -0.05) is 17.3 Å². The standard InChI is InChI=1S/C18H11F6N3O2/c19-17(20,21)11-5-3-10(4-6-11)14(27-16(28)13-7-9-26-29-13)15-12(18(22,23)24)2-1-8-25-15/h1-9,14H,(H,27,28). The third-order valence-corrected chi connectivity index (χ3v) is 3.93. The second kappa shape index (κ2) is 7.57. The van der Waals surface area contributed by atoms with E-state index in [1.165, 1.54) is 6.07 Å². The van der Waals surface area contributed by atoms with E-state index in [9.17, 15) is 31.1 Å². The van der Waals surface area contributed by atoms with Gasteiger partial charge in [-0.25, -0.2) is 0 Å². The van der Waals surface area contributed by atoms with Crippen LogP contribution in [0.3, 0.4) is 0 Å². The zero-order valence-electron chi connectivity index (χ0n) is 14.3. The van der Waals surface area contributed by atoms with Crippen molar-refractivity contribution in [1.29, 1.82) is 0 Å². The van der Waals surface area contributed by atoms with E-state index in [-0.39, 0.29) is 11.3 Å². The lowest BCUT2D eigenvalue weighted by Crippen LogP contribution is -2.31. The van der Waals surface area contributed by atoms with Gasteiger partial charge < -0.3 is 9.84 Å². The topological polar surface area (TPSA) is 68.0 Å². The van der Waals surface area contributed by atoms with E-state index in [2.05, 4.69) is 20.0 Å². The zero-order chi connectivity index (χ0) is 21.2. The smallest absolute Gasteiger partial charge is 0.351 e. The van der Waals surface area contributed by atoms with Crippen LogP contribution < -0.4 is 5.32 Å². The number of nitrogens with zero attached hydrogens (tertiary/aromatic N) is 2. The second-order valence-corrected chi connectivity index (χ2v) is 5.84. The average molecular weight is 415 g/mol. The average Bonchev–Trinajstić information content (AvgIpc) is 3.20. The van der Waals surface area contributed by atoms with Crippen LogP contribution in [0.15, 0.2) is 59.4 Å². The summed E-state index contributed by atoms with van der Waals surface area (Å²) in [6, 6.07) is 4.88. The van der Waals surface area contributed by atoms with E-state index in [1.807, 2.05) is 0 Å². The number of nitrogens with one attached hydrogen (secondary N) is 1. The number of alkyl halides is 6. The lowest BCUT2D eigenvalue weighted by molar-refractivity contribution is -0.139. The lowest BCUT2D eigenvalue weighted by Gasteiger charge is -2.22. The first-order valence-corrected chi connectivity index (χ1v) is 7.98. The van der Waals surface area contributed by atoms with Gasteiger partial charge in [0.1, 0.15) is 0 Å². The Morgan fingerprint density at radius 1 is 0.931 bits per heavy atom. The van der Waals surface area contributed by atoms with Crippen LogP contribution >= 0.6 is 0 Å². The van der Waals surface area contributed by atoms with Gasteiger partial charge in [0, 0.05) is 12.3 Å². The Morgan fingerprint density at radius 2 is 1.62 bits per heavy atom. The van der Waals surface area contributed by atoms with E-state index in [0.29, 0.717) is 12.1 Å². The molecule has 1 N–H and O–H groups in total. The normalized spacial score (nSPS) is 13.2. The summed E-state index contributed by atoms with van der Waals surface area (Å²) in [5.41, 5.74) is -2.73. The Hall–Kier alpha value is -3.37. The molecule has 0 radical (unpaired) electrons. The first-order valence-electron chi connectivity index (χ1n) is 7.98. The molecule has 3 rings (SSSR count). The molecule has 1 unspecified atom stereocenters. The minimum absolute atomic E-state index is 0.0323. The van der Waals surface area contributed by atoms with Gasteiger partial charge in [0.15, 0.2) is 0 Å². The number of hydrogen-bond donors (Lipinski definition) is 1. The summed E-state index contributed by atoms with van der Waals surface area (Å²) in [5, 5.41) is 5.64. The van der Waals surface area contributed by atoms with Crippen molar-refractivity contribution >= 4 is 5.91 Å². The molecular formula is C18H11F6N3O2. The summed E-state index contributed by atoms with van der Waals surface area (Å²) in [4.78, 5) is 16.0. The number of aromatic nitrogens is 2. The summed E-state index contributed by atoms with van der Waals surface area (Å²) in [6.45, 7) is 0. The van der Waals surface area contributed by atoms with Crippen molar-refractivity contribution in [2.24, 2.45) is 0 Å². The van der Waals surface area contributed by atoms with Crippen molar-refractivity contribution in [3.8, 4) is 0 Å². The van der Waals surface area contributed by atoms with Crippen LogP contribution in [0.25, 0.3) is 0 Å². The predicted molar refractivity (Wildman–Crippen MR) is 86.5 cm³/mol. The highest BCUT2D eigenvalue weighted by Crippen LogP contribution is 2.36. The molecule has 0 aliphatic carbocycles. The van der Waals surface area contributed by atoms with Crippen molar-refractivity contribution in [2.75, 3.05) is 0 Å². The Kier molecular flexibility index (Phi) is 5.31. The maximum Gasteiger partial charge on any atom is 0.418 e. The highest BCUT2D eigenvalue weighted by Gasteiger charge is 2.37. The van der Waals surface area contributed by atoms with Crippen LogP contribution in [0, 0.1) is 0 Å². The molecule has 0 saturated carbocycles. The number of benzene rings is 1. The minimum Gasteiger partial charge on any atom is -0.351 e. The fraction of sp³-hybridized carbons (Fsp3) is 0.167. The quantitative estimate of drug-likeness (QED) is 0.631. The van der Waals surface area contributed by atoms with Gasteiger partial charge in [-0.15, -0.1) is 0 Å². The molecule has 5 nitrogen and oxygen atoms in total. The third-order valence-electron chi connectivity index (χ3n) is 3.93. The highest BCUT2D eigenvalue weighted by molar-refractivity contribution is 5.91. The van der Waals surface area contributed by atoms with Gasteiger partial charge in [0.25, 0.3) is 5.91 Å². The van der Waals surface area contributed by atoms with Gasteiger partial charge >= 0.3 is 12.4 Å². The lowest BCUT2D eigenvalue weighted by atomic mass is 9.97. The molecule has 2 aromatic heterocycles. The first kappa shape index (κ1) is 20.4. The fourth-order valence-corrected chi connectivity index (χ4v) is 2.60. The molecule has 1 aromatic carbocycles. The summed E-state index contributed by atoms with van der Waals surface area (Å²) in [6.07, 6.45) is -7.18. The fourth-order valence-electron chi connectivity index (χ4n) is 2.60. The number of halogens is 6. The van der Waals surface area contributed by atoms with E-state index < -0.39 is 41.1 Å². The van der Waals surface area contributed by atoms with Crippen LogP contribution in [0.1, 0.15) is 39.0 Å². The number of carbonyl (C=O) groups excluding carboxylic acids is 1. The molecule has 0 aliphatic heterocycles. The predicted octanol–water partition coefficient (Wildman–Crippen LogP) is 4.63. The van der Waals surface area contributed by atoms with E-state index in [4.69, 9.17) is 0 Å². The number of rotatable bonds is 4. The molecule has 2 heterocycles. The molecular weight excluding hydrogens is 404 g/mol. The third kappa shape index (κ3) is 4.55. The van der Waals surface area contributed by atoms with E-state index >= 15 is 0 Å². The molecule has 11 heteroatoms. The molecule has 0 saturated heterocycles. The van der Waals surface area contributed by atoms with Gasteiger partial charge in [-0.3, -0.25) is 9.78 Å². The van der Waals surface area contributed by atoms with Gasteiger partial charge in [-0.2, -0.15) is 26.3 Å². The van der Waals surface area contributed by atoms with Crippen LogP contribution in [0.4, 0.5) is 26.3 Å². The van der Waals surface area contributed by atoms with Crippen LogP contribution in [0.5, 0.6) is 0 Å². The molecule has 1 atom stereocenters. The molecule has 0 aliphatic rings. The maximum absolute atomic E-state index is 13.4.